The number of aromatic carboxylic acids is 1. The number of carbonyl (C=O) groups is 2. The van der Waals surface area contributed by atoms with Gasteiger partial charge < -0.3 is 15.1 Å². The maximum absolute atomic E-state index is 12.3. The molecular formula is C26H29NO4S. The Morgan fingerprint density at radius 3 is 2.78 bits per heavy atom. The molecule has 0 spiro atoms. The molecule has 1 unspecified atom stereocenters. The van der Waals surface area contributed by atoms with Crippen LogP contribution in [0.3, 0.4) is 0 Å². The minimum atomic E-state index is -0.903. The second-order valence-corrected chi connectivity index (χ2v) is 9.26. The Morgan fingerprint density at radius 2 is 2.06 bits per heavy atom. The molecule has 1 amide bonds. The van der Waals surface area contributed by atoms with Crippen LogP contribution in [-0.4, -0.2) is 45.7 Å². The first kappa shape index (κ1) is 23.8. The van der Waals surface area contributed by atoms with E-state index in [-0.39, 0.29) is 17.9 Å². The van der Waals surface area contributed by atoms with Crippen LogP contribution in [0.4, 0.5) is 0 Å². The van der Waals surface area contributed by atoms with E-state index < -0.39 is 12.1 Å². The van der Waals surface area contributed by atoms with Crippen LogP contribution in [0.25, 0.3) is 0 Å². The Kier molecular flexibility index (Phi) is 8.66. The summed E-state index contributed by atoms with van der Waals surface area (Å²) in [4.78, 5) is 26.5. The second-order valence-electron chi connectivity index (χ2n) is 8.09. The Labute approximate surface area is 193 Å². The maximum atomic E-state index is 12.3. The molecule has 2 heterocycles. The zero-order chi connectivity index (χ0) is 22.9. The molecule has 32 heavy (non-hydrogen) atoms. The zero-order valence-corrected chi connectivity index (χ0v) is 19.1. The van der Waals surface area contributed by atoms with Gasteiger partial charge in [0.15, 0.2) is 0 Å². The van der Waals surface area contributed by atoms with Crippen molar-refractivity contribution in [2.45, 2.75) is 51.2 Å². The molecule has 1 aromatic carbocycles. The fourth-order valence-corrected chi connectivity index (χ4v) is 4.57. The molecule has 5 nitrogen and oxygen atoms in total. The predicted octanol–water partition coefficient (Wildman–Crippen LogP) is 4.36. The van der Waals surface area contributed by atoms with Gasteiger partial charge in [-0.25, -0.2) is 4.79 Å². The lowest BCUT2D eigenvalue weighted by Gasteiger charge is -2.23. The minimum absolute atomic E-state index is 0.00216. The molecule has 1 aliphatic rings. The number of hydrogen-bond donors (Lipinski definition) is 2. The van der Waals surface area contributed by atoms with Crippen molar-refractivity contribution < 1.29 is 19.8 Å². The molecule has 168 valence electrons. The number of hydrogen-bond acceptors (Lipinski definition) is 4. The van der Waals surface area contributed by atoms with Crippen molar-refractivity contribution in [3.63, 3.8) is 0 Å². The van der Waals surface area contributed by atoms with Crippen molar-refractivity contribution in [1.29, 1.82) is 0 Å². The van der Waals surface area contributed by atoms with E-state index in [4.69, 9.17) is 5.11 Å². The van der Waals surface area contributed by atoms with Crippen molar-refractivity contribution >= 4 is 23.2 Å². The summed E-state index contributed by atoms with van der Waals surface area (Å²) in [7, 11) is 0. The normalized spacial score (nSPS) is 17.9. The van der Waals surface area contributed by atoms with Crippen LogP contribution in [-0.2, 0) is 11.2 Å². The molecule has 3 atom stereocenters. The number of thiophene rings is 1. The number of amides is 1. The van der Waals surface area contributed by atoms with Gasteiger partial charge >= 0.3 is 5.97 Å². The highest BCUT2D eigenvalue weighted by molar-refractivity contribution is 7.13. The van der Waals surface area contributed by atoms with E-state index in [1.807, 2.05) is 54.3 Å². The van der Waals surface area contributed by atoms with Gasteiger partial charge in [0, 0.05) is 29.8 Å². The van der Waals surface area contributed by atoms with Crippen LogP contribution in [0.5, 0.6) is 0 Å². The van der Waals surface area contributed by atoms with Crippen LogP contribution >= 0.6 is 11.3 Å². The van der Waals surface area contributed by atoms with E-state index in [0.29, 0.717) is 24.3 Å². The minimum Gasteiger partial charge on any atom is -0.477 e. The predicted molar refractivity (Wildman–Crippen MR) is 127 cm³/mol. The van der Waals surface area contributed by atoms with Crippen molar-refractivity contribution in [3.8, 4) is 11.8 Å². The van der Waals surface area contributed by atoms with Crippen molar-refractivity contribution in [2.75, 3.05) is 6.54 Å². The molecule has 1 aliphatic heterocycles. The maximum Gasteiger partial charge on any atom is 0.345 e. The fourth-order valence-electron chi connectivity index (χ4n) is 3.69. The van der Waals surface area contributed by atoms with E-state index in [1.54, 1.807) is 12.1 Å². The van der Waals surface area contributed by atoms with Gasteiger partial charge in [0.2, 0.25) is 5.91 Å². The second kappa shape index (κ2) is 11.7. The Balaban J connectivity index is 1.48. The van der Waals surface area contributed by atoms with Crippen LogP contribution in [0.15, 0.2) is 54.6 Å². The standard InChI is InChI=1S/C26H29NO4S/c1-19(7-5-10-20-8-3-2-4-9-20)23(28)15-12-21-13-17-25(29)27(21)18-6-11-22-14-16-24(32-22)26(30)31/h2-4,8-9,12,14-16,19,21,23,28H,6-7,11,13,17-18H2,1H3,(H,30,31)/t19-,21?,23-/m1/s1. The molecular weight excluding hydrogens is 422 g/mol. The third kappa shape index (κ3) is 6.81. The van der Waals surface area contributed by atoms with Gasteiger partial charge in [0.05, 0.1) is 12.1 Å². The van der Waals surface area contributed by atoms with E-state index >= 15 is 0 Å². The van der Waals surface area contributed by atoms with Crippen LogP contribution in [0.2, 0.25) is 0 Å². The summed E-state index contributed by atoms with van der Waals surface area (Å²) in [6.07, 6.45) is 6.53. The summed E-state index contributed by atoms with van der Waals surface area (Å²) in [5.74, 6) is 5.47. The number of aliphatic hydroxyl groups excluding tert-OH is 1. The molecule has 3 rings (SSSR count). The Bertz CT molecular complexity index is 1000. The first-order valence-electron chi connectivity index (χ1n) is 11.0. The summed E-state index contributed by atoms with van der Waals surface area (Å²) in [5.41, 5.74) is 0.964. The third-order valence-electron chi connectivity index (χ3n) is 5.61. The highest BCUT2D eigenvalue weighted by Crippen LogP contribution is 2.23. The lowest BCUT2D eigenvalue weighted by Crippen LogP contribution is -2.33. The molecule has 1 saturated heterocycles. The molecule has 0 bridgehead atoms. The molecule has 6 heteroatoms. The third-order valence-corrected chi connectivity index (χ3v) is 6.75. The Morgan fingerprint density at radius 1 is 1.28 bits per heavy atom. The summed E-state index contributed by atoms with van der Waals surface area (Å²) >= 11 is 1.29. The van der Waals surface area contributed by atoms with Gasteiger partial charge in [-0.2, -0.15) is 0 Å². The summed E-state index contributed by atoms with van der Waals surface area (Å²) in [6.45, 7) is 2.60. The van der Waals surface area contributed by atoms with Crippen molar-refractivity contribution in [2.24, 2.45) is 5.92 Å². The lowest BCUT2D eigenvalue weighted by atomic mass is 9.99. The number of likely N-dealkylation sites (tertiary alicyclic amines) is 1. The van der Waals surface area contributed by atoms with E-state index in [2.05, 4.69) is 11.8 Å². The SMILES string of the molecule is C[C@H](CC#Cc1ccccc1)[C@H](O)C=CC1CCC(=O)N1CCCc1ccc(C(=O)O)s1. The molecule has 0 radical (unpaired) electrons. The molecule has 1 aromatic heterocycles. The number of benzene rings is 1. The number of carboxylic acids is 1. The van der Waals surface area contributed by atoms with E-state index in [1.165, 1.54) is 11.3 Å². The highest BCUT2D eigenvalue weighted by atomic mass is 32.1. The van der Waals surface area contributed by atoms with Gasteiger partial charge in [-0.15, -0.1) is 11.3 Å². The van der Waals surface area contributed by atoms with Crippen LogP contribution < -0.4 is 0 Å². The highest BCUT2D eigenvalue weighted by Gasteiger charge is 2.28. The average molecular weight is 452 g/mol. The lowest BCUT2D eigenvalue weighted by molar-refractivity contribution is -0.128. The van der Waals surface area contributed by atoms with Crippen LogP contribution in [0.1, 0.15) is 52.7 Å². The number of nitrogens with zero attached hydrogens (tertiary/aromatic N) is 1. The van der Waals surface area contributed by atoms with Gasteiger partial charge in [-0.05, 0) is 49.4 Å². The number of carbonyl (C=O) groups excluding carboxylic acids is 1. The quantitative estimate of drug-likeness (QED) is 0.439. The summed E-state index contributed by atoms with van der Waals surface area (Å²) in [6, 6.07) is 13.2. The number of aliphatic hydroxyl groups is 1. The summed E-state index contributed by atoms with van der Waals surface area (Å²) in [5, 5.41) is 19.5. The molecule has 2 aromatic rings. The van der Waals surface area contributed by atoms with Crippen molar-refractivity contribution in [1.82, 2.24) is 4.90 Å². The number of rotatable bonds is 9. The first-order chi connectivity index (χ1) is 15.4. The largest absolute Gasteiger partial charge is 0.477 e. The summed E-state index contributed by atoms with van der Waals surface area (Å²) < 4.78 is 0. The topological polar surface area (TPSA) is 77.8 Å². The molecule has 2 N–H and O–H groups in total. The van der Waals surface area contributed by atoms with Gasteiger partial charge in [-0.1, -0.05) is 49.1 Å². The first-order valence-corrected chi connectivity index (χ1v) is 11.8. The average Bonchev–Trinajstić information content (AvgIpc) is 3.40. The van der Waals surface area contributed by atoms with E-state index in [0.717, 1.165) is 29.7 Å². The van der Waals surface area contributed by atoms with E-state index in [9.17, 15) is 14.7 Å². The van der Waals surface area contributed by atoms with Gasteiger partial charge in [0.25, 0.3) is 0 Å². The van der Waals surface area contributed by atoms with Gasteiger partial charge in [-0.3, -0.25) is 4.79 Å². The fraction of sp³-hybridized carbons (Fsp3) is 0.385. The molecule has 0 aliphatic carbocycles. The number of aryl methyl sites for hydroxylation is 1. The molecule has 1 fully saturated rings. The number of carboxylic acid groups (broad SMARTS) is 1. The smallest absolute Gasteiger partial charge is 0.345 e. The monoisotopic (exact) mass is 451 g/mol. The zero-order valence-electron chi connectivity index (χ0n) is 18.2. The molecule has 0 saturated carbocycles. The van der Waals surface area contributed by atoms with Gasteiger partial charge in [0.1, 0.15) is 4.88 Å². The Hall–Kier alpha value is -2.88. The van der Waals surface area contributed by atoms with Crippen molar-refractivity contribution in [3.05, 3.63) is 69.9 Å². The van der Waals surface area contributed by atoms with Crippen LogP contribution in [0, 0.1) is 17.8 Å².